The number of hydrogen-bond acceptors (Lipinski definition) is 6. The third-order valence-corrected chi connectivity index (χ3v) is 6.25. The lowest BCUT2D eigenvalue weighted by atomic mass is 10.1. The molecule has 1 atom stereocenters. The fourth-order valence-corrected chi connectivity index (χ4v) is 4.82. The van der Waals surface area contributed by atoms with E-state index < -0.39 is 4.92 Å². The van der Waals surface area contributed by atoms with Gasteiger partial charge in [0.2, 0.25) is 0 Å². The van der Waals surface area contributed by atoms with Crippen molar-refractivity contribution in [3.8, 4) is 11.3 Å². The van der Waals surface area contributed by atoms with E-state index in [0.717, 1.165) is 16.8 Å². The molecule has 3 aromatic rings. The second-order valence-electron chi connectivity index (χ2n) is 6.93. The number of aryl methyl sites for hydroxylation is 2. The number of nitrogens with zero attached hydrogens (tertiary/aromatic N) is 2. The Labute approximate surface area is 183 Å². The molecule has 1 unspecified atom stereocenters. The zero-order valence-electron chi connectivity index (χ0n) is 16.2. The standard InChI is InChI=1S/C22H18N2O4S2/c1-13-6-8-18(14(2)10-13)23-21(25)20(30-22(23)29)12-17-7-9-19(28-17)15-4-3-5-16(11-15)24(26)27/h3-12,22,29H,1-2H3/b20-12-. The van der Waals surface area contributed by atoms with Crippen LogP contribution in [0.15, 0.2) is 63.9 Å². The van der Waals surface area contributed by atoms with E-state index in [1.165, 1.54) is 23.9 Å². The first-order chi connectivity index (χ1) is 14.3. The molecular weight excluding hydrogens is 420 g/mol. The molecule has 30 heavy (non-hydrogen) atoms. The maximum Gasteiger partial charge on any atom is 0.270 e. The van der Waals surface area contributed by atoms with Gasteiger partial charge in [-0.05, 0) is 37.6 Å². The number of carbonyl (C=O) groups is 1. The van der Waals surface area contributed by atoms with Crippen LogP contribution in [0.5, 0.6) is 0 Å². The lowest BCUT2D eigenvalue weighted by Crippen LogP contribution is -2.29. The third kappa shape index (κ3) is 3.88. The molecule has 0 aliphatic carbocycles. The van der Waals surface area contributed by atoms with Gasteiger partial charge in [0, 0.05) is 29.5 Å². The van der Waals surface area contributed by atoms with Crippen molar-refractivity contribution >= 4 is 47.7 Å². The van der Waals surface area contributed by atoms with Gasteiger partial charge in [-0.3, -0.25) is 19.8 Å². The van der Waals surface area contributed by atoms with Crippen molar-refractivity contribution in [2.45, 2.75) is 18.6 Å². The Hall–Kier alpha value is -2.97. The fourth-order valence-electron chi connectivity index (χ4n) is 3.32. The van der Waals surface area contributed by atoms with Gasteiger partial charge in [0.25, 0.3) is 11.6 Å². The largest absolute Gasteiger partial charge is 0.457 e. The quantitative estimate of drug-likeness (QED) is 0.241. The van der Waals surface area contributed by atoms with Gasteiger partial charge in [0.1, 0.15) is 16.2 Å². The summed E-state index contributed by atoms with van der Waals surface area (Å²) in [7, 11) is 0. The van der Waals surface area contributed by atoms with Crippen LogP contribution in [0.3, 0.4) is 0 Å². The summed E-state index contributed by atoms with van der Waals surface area (Å²) in [5.74, 6) is 0.852. The summed E-state index contributed by atoms with van der Waals surface area (Å²) >= 11 is 5.93. The smallest absolute Gasteiger partial charge is 0.270 e. The molecule has 0 saturated carbocycles. The Bertz CT molecular complexity index is 1190. The van der Waals surface area contributed by atoms with Gasteiger partial charge in [0.15, 0.2) is 0 Å². The Morgan fingerprint density at radius 2 is 1.97 bits per heavy atom. The topological polar surface area (TPSA) is 76.6 Å². The van der Waals surface area contributed by atoms with E-state index in [4.69, 9.17) is 4.42 Å². The van der Waals surface area contributed by atoms with Crippen molar-refractivity contribution < 1.29 is 14.1 Å². The van der Waals surface area contributed by atoms with E-state index >= 15 is 0 Å². The molecule has 0 bridgehead atoms. The molecule has 0 N–H and O–H groups in total. The maximum absolute atomic E-state index is 13.0. The van der Waals surface area contributed by atoms with Crippen LogP contribution in [-0.2, 0) is 4.79 Å². The lowest BCUT2D eigenvalue weighted by molar-refractivity contribution is -0.384. The van der Waals surface area contributed by atoms with E-state index in [2.05, 4.69) is 12.6 Å². The number of thiol groups is 1. The SMILES string of the molecule is Cc1ccc(N2C(=O)/C(=C/c3ccc(-c4cccc([N+](=O)[O-])c4)o3)SC2S)c(C)c1. The van der Waals surface area contributed by atoms with E-state index in [0.29, 0.717) is 22.0 Å². The van der Waals surface area contributed by atoms with Gasteiger partial charge >= 0.3 is 0 Å². The van der Waals surface area contributed by atoms with E-state index in [1.807, 2.05) is 32.0 Å². The number of benzene rings is 2. The summed E-state index contributed by atoms with van der Waals surface area (Å²) in [6.07, 6.45) is 1.68. The fraction of sp³-hybridized carbons (Fsp3) is 0.136. The van der Waals surface area contributed by atoms with Gasteiger partial charge in [-0.15, -0.1) is 12.6 Å². The Balaban J connectivity index is 1.61. The first kappa shape index (κ1) is 20.3. The van der Waals surface area contributed by atoms with Crippen molar-refractivity contribution in [3.63, 3.8) is 0 Å². The molecule has 0 radical (unpaired) electrons. The number of furan rings is 1. The van der Waals surface area contributed by atoms with E-state index in [9.17, 15) is 14.9 Å². The summed E-state index contributed by atoms with van der Waals surface area (Å²) < 4.78 is 5.49. The average molecular weight is 439 g/mol. The monoisotopic (exact) mass is 438 g/mol. The van der Waals surface area contributed by atoms with Crippen LogP contribution >= 0.6 is 24.4 Å². The molecule has 6 nitrogen and oxygen atoms in total. The highest BCUT2D eigenvalue weighted by atomic mass is 32.2. The first-order valence-electron chi connectivity index (χ1n) is 9.15. The first-order valence-corrected chi connectivity index (χ1v) is 10.5. The summed E-state index contributed by atoms with van der Waals surface area (Å²) in [5, 5.41) is 11.0. The molecule has 2 heterocycles. The van der Waals surface area contributed by atoms with Gasteiger partial charge in [0.05, 0.1) is 9.83 Å². The molecule has 1 fully saturated rings. The second kappa shape index (κ2) is 8.04. The third-order valence-electron chi connectivity index (χ3n) is 4.74. The number of non-ortho nitro benzene ring substituents is 1. The number of carbonyl (C=O) groups excluding carboxylic acids is 1. The van der Waals surface area contributed by atoms with Crippen LogP contribution in [0.2, 0.25) is 0 Å². The molecule has 1 aromatic heterocycles. The molecular formula is C22H18N2O4S2. The minimum Gasteiger partial charge on any atom is -0.457 e. The van der Waals surface area contributed by atoms with Crippen LogP contribution < -0.4 is 4.90 Å². The van der Waals surface area contributed by atoms with Crippen LogP contribution in [0, 0.1) is 24.0 Å². The van der Waals surface area contributed by atoms with Gasteiger partial charge in [-0.25, -0.2) is 0 Å². The molecule has 2 aromatic carbocycles. The highest BCUT2D eigenvalue weighted by molar-refractivity contribution is 8.14. The Morgan fingerprint density at radius 3 is 2.70 bits per heavy atom. The van der Waals surface area contributed by atoms with Crippen molar-refractivity contribution in [1.82, 2.24) is 0 Å². The number of thioether (sulfide) groups is 1. The van der Waals surface area contributed by atoms with Crippen molar-refractivity contribution in [2.24, 2.45) is 0 Å². The van der Waals surface area contributed by atoms with Gasteiger partial charge < -0.3 is 4.42 Å². The van der Waals surface area contributed by atoms with Crippen LogP contribution in [0.1, 0.15) is 16.9 Å². The van der Waals surface area contributed by atoms with Crippen molar-refractivity contribution in [2.75, 3.05) is 4.90 Å². The Morgan fingerprint density at radius 1 is 1.17 bits per heavy atom. The summed E-state index contributed by atoms with van der Waals surface area (Å²) in [6, 6.07) is 15.6. The number of nitro groups is 1. The summed E-state index contributed by atoms with van der Waals surface area (Å²) in [4.78, 5) is 25.8. The minimum atomic E-state index is -0.447. The highest BCUT2D eigenvalue weighted by Gasteiger charge is 2.36. The number of amides is 1. The summed E-state index contributed by atoms with van der Waals surface area (Å²) in [6.45, 7) is 3.98. The van der Waals surface area contributed by atoms with Crippen LogP contribution in [0.25, 0.3) is 17.4 Å². The predicted molar refractivity (Wildman–Crippen MR) is 123 cm³/mol. The maximum atomic E-state index is 13.0. The molecule has 152 valence electrons. The minimum absolute atomic E-state index is 0.00708. The average Bonchev–Trinajstić information content (AvgIpc) is 3.28. The Kier molecular flexibility index (Phi) is 5.44. The highest BCUT2D eigenvalue weighted by Crippen LogP contribution is 2.42. The predicted octanol–water partition coefficient (Wildman–Crippen LogP) is 5.81. The van der Waals surface area contributed by atoms with Crippen LogP contribution in [0.4, 0.5) is 11.4 Å². The molecule has 1 saturated heterocycles. The van der Waals surface area contributed by atoms with E-state index in [1.54, 1.807) is 35.2 Å². The van der Waals surface area contributed by atoms with Gasteiger partial charge in [-0.1, -0.05) is 41.6 Å². The molecule has 4 rings (SSSR count). The van der Waals surface area contributed by atoms with Crippen molar-refractivity contribution in [1.29, 1.82) is 0 Å². The van der Waals surface area contributed by atoms with Crippen LogP contribution in [-0.4, -0.2) is 15.5 Å². The van der Waals surface area contributed by atoms with Crippen molar-refractivity contribution in [3.05, 3.63) is 86.5 Å². The lowest BCUT2D eigenvalue weighted by Gasteiger charge is -2.21. The molecule has 1 amide bonds. The zero-order chi connectivity index (χ0) is 21.4. The van der Waals surface area contributed by atoms with Gasteiger partial charge in [-0.2, -0.15) is 0 Å². The molecule has 0 spiro atoms. The number of anilines is 1. The number of rotatable bonds is 4. The normalized spacial score (nSPS) is 17.7. The number of nitro benzene ring substituents is 1. The molecule has 1 aliphatic heterocycles. The molecule has 1 aliphatic rings. The van der Waals surface area contributed by atoms with E-state index in [-0.39, 0.29) is 16.3 Å². The zero-order valence-corrected chi connectivity index (χ0v) is 17.9. The number of hydrogen-bond donors (Lipinski definition) is 1. The summed E-state index contributed by atoms with van der Waals surface area (Å²) in [5.41, 5.74) is 3.57. The molecule has 8 heteroatoms. The second-order valence-corrected chi connectivity index (χ2v) is 8.89.